The van der Waals surface area contributed by atoms with Gasteiger partial charge in [-0.05, 0) is 39.8 Å². The molecule has 0 aliphatic carbocycles. The van der Waals surface area contributed by atoms with Crippen LogP contribution >= 0.6 is 34.4 Å². The van der Waals surface area contributed by atoms with Gasteiger partial charge in [-0.15, -0.1) is 6.42 Å². The average Bonchev–Trinajstić information content (AvgIpc) is 2.05. The van der Waals surface area contributed by atoms with Gasteiger partial charge in [-0.25, -0.2) is 4.79 Å². The quantitative estimate of drug-likeness (QED) is 0.198. The molecule has 0 bridgehead atoms. The Bertz CT molecular complexity index is 264. The molecule has 0 aromatic rings. The fourth-order valence-corrected chi connectivity index (χ4v) is 0.786. The van der Waals surface area contributed by atoms with Crippen molar-refractivity contribution in [3.63, 3.8) is 0 Å². The molecule has 0 spiro atoms. The van der Waals surface area contributed by atoms with Crippen LogP contribution in [0.2, 0.25) is 0 Å². The van der Waals surface area contributed by atoms with Crippen molar-refractivity contribution in [1.29, 1.82) is 5.26 Å². The Labute approximate surface area is 88.3 Å². The van der Waals surface area contributed by atoms with Crippen LogP contribution in [0.1, 0.15) is 0 Å². The second kappa shape index (κ2) is 7.01. The first-order chi connectivity index (χ1) is 5.70. The number of alkyl halides is 1. The van der Waals surface area contributed by atoms with Crippen molar-refractivity contribution >= 4 is 40.3 Å². The first-order valence-electron chi connectivity index (χ1n) is 2.72. The molecule has 0 fully saturated rings. The molecule has 5 heteroatoms. The molecule has 0 heterocycles. The van der Waals surface area contributed by atoms with Crippen LogP contribution < -0.4 is 0 Å². The smallest absolute Gasteiger partial charge is 0.333 e. The molecule has 0 amide bonds. The van der Waals surface area contributed by atoms with Crippen LogP contribution in [-0.4, -0.2) is 10.1 Å². The molecule has 3 nitrogen and oxygen atoms in total. The topological polar surface area (TPSA) is 50.1 Å². The number of nitriles is 1. The molecule has 0 saturated heterocycles. The van der Waals surface area contributed by atoms with Crippen molar-refractivity contribution < 1.29 is 9.53 Å². The Morgan fingerprint density at radius 1 is 1.83 bits per heavy atom. The summed E-state index contributed by atoms with van der Waals surface area (Å²) in [4.78, 5) is 10.8. The Balaban J connectivity index is 3.77. The number of thioether (sulfide) groups is 1. The molecular formula is C7H4INO2S. The van der Waals surface area contributed by atoms with E-state index < -0.39 is 10.1 Å². The van der Waals surface area contributed by atoms with Gasteiger partial charge in [0.15, 0.2) is 0 Å². The van der Waals surface area contributed by atoms with E-state index in [0.717, 1.165) is 17.8 Å². The largest absolute Gasteiger partial charge is 0.436 e. The minimum Gasteiger partial charge on any atom is -0.436 e. The number of hydrogen-bond donors (Lipinski definition) is 0. The summed E-state index contributed by atoms with van der Waals surface area (Å²) in [6, 6.07) is 0. The van der Waals surface area contributed by atoms with E-state index in [1.807, 2.05) is 0 Å². The predicted molar refractivity (Wildman–Crippen MR) is 55.1 cm³/mol. The number of thiocyanates is 1. The predicted octanol–water partition coefficient (Wildman–Crippen LogP) is 1.65. The van der Waals surface area contributed by atoms with E-state index in [9.17, 15) is 4.79 Å². The Hall–Kier alpha value is -0.660. The normalized spacial score (nSPS) is 11.6. The van der Waals surface area contributed by atoms with E-state index in [2.05, 4.69) is 10.7 Å². The van der Waals surface area contributed by atoms with E-state index in [1.54, 1.807) is 28.0 Å². The summed E-state index contributed by atoms with van der Waals surface area (Å²) in [6.45, 7) is 0. The molecule has 0 radical (unpaired) electrons. The number of carbonyl (C=O) groups excluding carboxylic acids is 1. The highest BCUT2D eigenvalue weighted by atomic mass is 127. The Kier molecular flexibility index (Phi) is 6.63. The standard InChI is InChI=1S/C7H4INO2S/c1-2-6(8)11-7(10)3-4-12-5-9/h1,3-4,6H. The zero-order valence-electron chi connectivity index (χ0n) is 5.86. The van der Waals surface area contributed by atoms with E-state index in [0.29, 0.717) is 0 Å². The third-order valence-corrected chi connectivity index (χ3v) is 1.67. The molecule has 0 saturated carbocycles. The van der Waals surface area contributed by atoms with Gasteiger partial charge in [0.05, 0.1) is 0 Å². The highest BCUT2D eigenvalue weighted by molar-refractivity contribution is 14.1. The molecule has 0 aromatic heterocycles. The van der Waals surface area contributed by atoms with Crippen LogP contribution in [0.15, 0.2) is 11.5 Å². The Morgan fingerprint density at radius 2 is 2.50 bits per heavy atom. The van der Waals surface area contributed by atoms with Crippen molar-refractivity contribution in [2.75, 3.05) is 0 Å². The van der Waals surface area contributed by atoms with Gasteiger partial charge in [0.1, 0.15) is 5.40 Å². The third-order valence-electron chi connectivity index (χ3n) is 0.676. The number of carbonyl (C=O) groups is 1. The van der Waals surface area contributed by atoms with Crippen LogP contribution in [0.5, 0.6) is 0 Å². The zero-order chi connectivity index (χ0) is 9.40. The summed E-state index contributed by atoms with van der Waals surface area (Å²) in [5, 5.41) is 11.2. The second-order valence-corrected chi connectivity index (χ2v) is 3.25. The lowest BCUT2D eigenvalue weighted by Crippen LogP contribution is -2.06. The monoisotopic (exact) mass is 293 g/mol. The lowest BCUT2D eigenvalue weighted by atomic mass is 10.6. The first kappa shape index (κ1) is 11.3. The molecular weight excluding hydrogens is 289 g/mol. The number of ether oxygens (including phenoxy) is 1. The highest BCUT2D eigenvalue weighted by Crippen LogP contribution is 2.03. The van der Waals surface area contributed by atoms with Crippen molar-refractivity contribution in [1.82, 2.24) is 0 Å². The van der Waals surface area contributed by atoms with Gasteiger partial charge in [-0.3, -0.25) is 0 Å². The van der Waals surface area contributed by atoms with E-state index in [1.165, 1.54) is 5.41 Å². The van der Waals surface area contributed by atoms with Gasteiger partial charge >= 0.3 is 5.97 Å². The SMILES string of the molecule is C#CC(I)OC(=O)C=CSC#N. The molecule has 0 N–H and O–H groups in total. The van der Waals surface area contributed by atoms with Crippen LogP contribution in [0.25, 0.3) is 0 Å². The van der Waals surface area contributed by atoms with Gasteiger partial charge in [0.2, 0.25) is 4.11 Å². The van der Waals surface area contributed by atoms with Crippen LogP contribution in [-0.2, 0) is 9.53 Å². The van der Waals surface area contributed by atoms with Crippen LogP contribution in [0, 0.1) is 23.0 Å². The van der Waals surface area contributed by atoms with Gasteiger partial charge in [-0.1, -0.05) is 5.92 Å². The summed E-state index contributed by atoms with van der Waals surface area (Å²) in [7, 11) is 0. The van der Waals surface area contributed by atoms with E-state index >= 15 is 0 Å². The number of terminal acetylenes is 1. The molecule has 0 aliphatic heterocycles. The van der Waals surface area contributed by atoms with Crippen LogP contribution in [0.4, 0.5) is 0 Å². The summed E-state index contributed by atoms with van der Waals surface area (Å²) in [5.41, 5.74) is 0. The lowest BCUT2D eigenvalue weighted by Gasteiger charge is -2.00. The Morgan fingerprint density at radius 3 is 3.00 bits per heavy atom. The maximum Gasteiger partial charge on any atom is 0.333 e. The molecule has 1 unspecified atom stereocenters. The van der Waals surface area contributed by atoms with Crippen molar-refractivity contribution in [3.8, 4) is 17.7 Å². The average molecular weight is 293 g/mol. The minimum absolute atomic E-state index is 0.546. The summed E-state index contributed by atoms with van der Waals surface area (Å²) < 4.78 is 4.09. The number of hydrogen-bond acceptors (Lipinski definition) is 4. The molecule has 0 aromatic carbocycles. The fraction of sp³-hybridized carbons (Fsp3) is 0.143. The molecule has 0 aliphatic rings. The maximum atomic E-state index is 10.8. The molecule has 0 rings (SSSR count). The van der Waals surface area contributed by atoms with Gasteiger partial charge in [0.25, 0.3) is 0 Å². The number of halogens is 1. The van der Waals surface area contributed by atoms with Crippen molar-refractivity contribution in [2.45, 2.75) is 4.11 Å². The van der Waals surface area contributed by atoms with Crippen molar-refractivity contribution in [2.24, 2.45) is 0 Å². The fourth-order valence-electron chi connectivity index (χ4n) is 0.295. The third kappa shape index (κ3) is 6.08. The second-order valence-electron chi connectivity index (χ2n) is 1.43. The molecule has 12 heavy (non-hydrogen) atoms. The maximum absolute atomic E-state index is 10.8. The van der Waals surface area contributed by atoms with Crippen LogP contribution in [0.3, 0.4) is 0 Å². The molecule has 1 atom stereocenters. The van der Waals surface area contributed by atoms with E-state index in [-0.39, 0.29) is 0 Å². The van der Waals surface area contributed by atoms with E-state index in [4.69, 9.17) is 11.7 Å². The lowest BCUT2D eigenvalue weighted by molar-refractivity contribution is -0.136. The summed E-state index contributed by atoms with van der Waals surface area (Å²) >= 11 is 2.64. The number of rotatable bonds is 3. The minimum atomic E-state index is -0.563. The number of nitrogens with zero attached hydrogens (tertiary/aromatic N) is 1. The highest BCUT2D eigenvalue weighted by Gasteiger charge is 2.02. The summed E-state index contributed by atoms with van der Waals surface area (Å²) in [6.07, 6.45) is 6.11. The van der Waals surface area contributed by atoms with Crippen molar-refractivity contribution in [3.05, 3.63) is 11.5 Å². The molecule has 62 valence electrons. The van der Waals surface area contributed by atoms with Gasteiger partial charge in [0, 0.05) is 6.08 Å². The zero-order valence-corrected chi connectivity index (χ0v) is 8.83. The number of esters is 1. The van der Waals surface area contributed by atoms with Gasteiger partial charge < -0.3 is 4.74 Å². The van der Waals surface area contributed by atoms with Gasteiger partial charge in [-0.2, -0.15) is 5.26 Å². The summed E-state index contributed by atoms with van der Waals surface area (Å²) in [5.74, 6) is 1.68. The first-order valence-corrected chi connectivity index (χ1v) is 4.85.